The zero-order valence-corrected chi connectivity index (χ0v) is 11.0. The molecule has 98 valence electrons. The van der Waals surface area contributed by atoms with E-state index in [1.807, 2.05) is 0 Å². The van der Waals surface area contributed by atoms with Crippen LogP contribution < -0.4 is 5.32 Å². The first-order chi connectivity index (χ1) is 8.27. The molecule has 2 rings (SSSR count). The summed E-state index contributed by atoms with van der Waals surface area (Å²) in [6.45, 7) is 3.66. The highest BCUT2D eigenvalue weighted by Crippen LogP contribution is 2.27. The Morgan fingerprint density at radius 3 is 2.65 bits per heavy atom. The minimum Gasteiger partial charge on any atom is -0.464 e. The molecule has 1 aliphatic heterocycles. The third kappa shape index (κ3) is 3.01. The largest absolute Gasteiger partial charge is 0.464 e. The van der Waals surface area contributed by atoms with E-state index in [1.165, 1.54) is 32.1 Å². The van der Waals surface area contributed by atoms with Crippen LogP contribution in [-0.2, 0) is 9.53 Å². The highest BCUT2D eigenvalue weighted by molar-refractivity contribution is 5.81. The van der Waals surface area contributed by atoms with Crippen LogP contribution in [0.4, 0.5) is 0 Å². The van der Waals surface area contributed by atoms with Crippen LogP contribution in [-0.4, -0.2) is 24.7 Å². The van der Waals surface area contributed by atoms with Crippen molar-refractivity contribution in [2.24, 2.45) is 5.92 Å². The molecule has 0 aromatic heterocycles. The number of ether oxygens (including phenoxy) is 1. The lowest BCUT2D eigenvalue weighted by Crippen LogP contribution is -2.48. The van der Waals surface area contributed by atoms with Gasteiger partial charge in [-0.1, -0.05) is 26.2 Å². The number of hydrogen-bond acceptors (Lipinski definition) is 3. The minimum absolute atomic E-state index is 0.0110. The van der Waals surface area contributed by atoms with Crippen molar-refractivity contribution in [2.45, 2.75) is 63.8 Å². The van der Waals surface area contributed by atoms with Crippen molar-refractivity contribution in [3.8, 4) is 0 Å². The minimum atomic E-state index is -0.366. The van der Waals surface area contributed by atoms with Crippen LogP contribution in [0.15, 0.2) is 0 Å². The molecule has 1 unspecified atom stereocenters. The molecule has 3 heteroatoms. The van der Waals surface area contributed by atoms with Crippen LogP contribution in [0.3, 0.4) is 0 Å². The molecule has 1 saturated carbocycles. The lowest BCUT2D eigenvalue weighted by molar-refractivity contribution is -0.153. The predicted octanol–water partition coefficient (Wildman–Crippen LogP) is 2.64. The number of esters is 1. The molecule has 1 saturated heterocycles. The average Bonchev–Trinajstić information content (AvgIpc) is 2.87. The van der Waals surface area contributed by atoms with Crippen molar-refractivity contribution in [1.82, 2.24) is 5.32 Å². The van der Waals surface area contributed by atoms with Crippen LogP contribution in [0.1, 0.15) is 58.3 Å². The molecule has 3 nitrogen and oxygen atoms in total. The van der Waals surface area contributed by atoms with E-state index in [0.29, 0.717) is 12.5 Å². The summed E-state index contributed by atoms with van der Waals surface area (Å²) in [5, 5.41) is 3.33. The van der Waals surface area contributed by atoms with E-state index in [9.17, 15) is 4.79 Å². The molecule has 1 atom stereocenters. The zero-order valence-electron chi connectivity index (χ0n) is 11.0. The molecule has 1 heterocycles. The fourth-order valence-corrected chi connectivity index (χ4v) is 3.11. The third-order valence-electron chi connectivity index (χ3n) is 4.41. The molecule has 2 aliphatic rings. The van der Waals surface area contributed by atoms with Gasteiger partial charge in [-0.2, -0.15) is 0 Å². The second-order valence-corrected chi connectivity index (χ2v) is 5.57. The standard InChI is InChI=1S/C14H25NO2/c1-2-14(9-6-10-15-14)13(16)17-11-12-7-4-3-5-8-12/h12,15H,2-11H2,1H3. The molecule has 1 aliphatic carbocycles. The molecule has 0 amide bonds. The fourth-order valence-electron chi connectivity index (χ4n) is 3.11. The van der Waals surface area contributed by atoms with Gasteiger partial charge in [-0.15, -0.1) is 0 Å². The number of carbonyl (C=O) groups excluding carboxylic acids is 1. The van der Waals surface area contributed by atoms with E-state index in [1.54, 1.807) is 0 Å². The maximum atomic E-state index is 12.2. The normalized spacial score (nSPS) is 30.4. The summed E-state index contributed by atoms with van der Waals surface area (Å²) < 4.78 is 5.56. The van der Waals surface area contributed by atoms with Crippen molar-refractivity contribution < 1.29 is 9.53 Å². The van der Waals surface area contributed by atoms with Crippen molar-refractivity contribution in [1.29, 1.82) is 0 Å². The van der Waals surface area contributed by atoms with Gasteiger partial charge in [0.15, 0.2) is 0 Å². The Hall–Kier alpha value is -0.570. The Labute approximate surface area is 104 Å². The van der Waals surface area contributed by atoms with Gasteiger partial charge in [0.2, 0.25) is 0 Å². The smallest absolute Gasteiger partial charge is 0.326 e. The fraction of sp³-hybridized carbons (Fsp3) is 0.929. The van der Waals surface area contributed by atoms with Gasteiger partial charge in [0.05, 0.1) is 6.61 Å². The predicted molar refractivity (Wildman–Crippen MR) is 67.8 cm³/mol. The van der Waals surface area contributed by atoms with E-state index in [4.69, 9.17) is 4.74 Å². The van der Waals surface area contributed by atoms with Crippen LogP contribution >= 0.6 is 0 Å². The highest BCUT2D eigenvalue weighted by atomic mass is 16.5. The molecular formula is C14H25NO2. The van der Waals surface area contributed by atoms with Crippen LogP contribution in [0.2, 0.25) is 0 Å². The summed E-state index contributed by atoms with van der Waals surface area (Å²) in [5.41, 5.74) is -0.366. The van der Waals surface area contributed by atoms with Gasteiger partial charge in [0.1, 0.15) is 5.54 Å². The Kier molecular flexibility index (Phi) is 4.43. The number of rotatable bonds is 4. The first-order valence-electron chi connectivity index (χ1n) is 7.19. The van der Waals surface area contributed by atoms with E-state index < -0.39 is 0 Å². The first kappa shape index (κ1) is 12.9. The van der Waals surface area contributed by atoms with Crippen LogP contribution in [0.25, 0.3) is 0 Å². The Balaban J connectivity index is 1.79. The first-order valence-corrected chi connectivity index (χ1v) is 7.19. The average molecular weight is 239 g/mol. The summed E-state index contributed by atoms with van der Waals surface area (Å²) >= 11 is 0. The molecule has 0 spiro atoms. The van der Waals surface area contributed by atoms with Gasteiger partial charge >= 0.3 is 5.97 Å². The lowest BCUT2D eigenvalue weighted by atomic mass is 9.90. The number of hydrogen-bond donors (Lipinski definition) is 1. The third-order valence-corrected chi connectivity index (χ3v) is 4.41. The van der Waals surface area contributed by atoms with Gasteiger partial charge in [0.25, 0.3) is 0 Å². The van der Waals surface area contributed by atoms with Crippen molar-refractivity contribution in [3.63, 3.8) is 0 Å². The monoisotopic (exact) mass is 239 g/mol. The second kappa shape index (κ2) is 5.85. The molecule has 1 N–H and O–H groups in total. The van der Waals surface area contributed by atoms with E-state index in [2.05, 4.69) is 12.2 Å². The van der Waals surface area contributed by atoms with Crippen molar-refractivity contribution >= 4 is 5.97 Å². The summed E-state index contributed by atoms with van der Waals surface area (Å²) in [6.07, 6.45) is 9.30. The van der Waals surface area contributed by atoms with E-state index in [-0.39, 0.29) is 11.5 Å². The number of nitrogens with one attached hydrogen (secondary N) is 1. The Morgan fingerprint density at radius 1 is 1.29 bits per heavy atom. The molecule has 0 bridgehead atoms. The van der Waals surface area contributed by atoms with Gasteiger partial charge in [0, 0.05) is 0 Å². The second-order valence-electron chi connectivity index (χ2n) is 5.57. The summed E-state index contributed by atoms with van der Waals surface area (Å²) in [4.78, 5) is 12.2. The highest BCUT2D eigenvalue weighted by Gasteiger charge is 2.40. The molecular weight excluding hydrogens is 214 g/mol. The van der Waals surface area contributed by atoms with Gasteiger partial charge in [-0.25, -0.2) is 0 Å². The Bertz CT molecular complexity index is 253. The van der Waals surface area contributed by atoms with Crippen LogP contribution in [0.5, 0.6) is 0 Å². The summed E-state index contributed by atoms with van der Waals surface area (Å²) in [6, 6.07) is 0. The SMILES string of the molecule is CCC1(C(=O)OCC2CCCCC2)CCCN1. The van der Waals surface area contributed by atoms with Gasteiger partial charge in [-0.3, -0.25) is 4.79 Å². The van der Waals surface area contributed by atoms with E-state index >= 15 is 0 Å². The maximum Gasteiger partial charge on any atom is 0.326 e. The van der Waals surface area contributed by atoms with Gasteiger partial charge in [-0.05, 0) is 44.6 Å². The van der Waals surface area contributed by atoms with E-state index in [0.717, 1.165) is 25.8 Å². The summed E-state index contributed by atoms with van der Waals surface area (Å²) in [5.74, 6) is 0.603. The lowest BCUT2D eigenvalue weighted by Gasteiger charge is -2.28. The molecule has 2 fully saturated rings. The maximum absolute atomic E-state index is 12.2. The number of carbonyl (C=O) groups is 1. The quantitative estimate of drug-likeness (QED) is 0.766. The molecule has 0 aromatic carbocycles. The summed E-state index contributed by atoms with van der Waals surface area (Å²) in [7, 11) is 0. The van der Waals surface area contributed by atoms with Crippen molar-refractivity contribution in [3.05, 3.63) is 0 Å². The van der Waals surface area contributed by atoms with Crippen LogP contribution in [0, 0.1) is 5.92 Å². The van der Waals surface area contributed by atoms with Gasteiger partial charge < -0.3 is 10.1 Å². The Morgan fingerprint density at radius 2 is 2.06 bits per heavy atom. The molecule has 0 radical (unpaired) electrons. The zero-order chi connectivity index (χ0) is 12.1. The molecule has 0 aromatic rings. The molecule has 17 heavy (non-hydrogen) atoms. The van der Waals surface area contributed by atoms with Crippen molar-refractivity contribution in [2.75, 3.05) is 13.2 Å². The topological polar surface area (TPSA) is 38.3 Å².